The molecule has 4 heteroatoms. The summed E-state index contributed by atoms with van der Waals surface area (Å²) < 4.78 is 0. The second-order valence-electron chi connectivity index (χ2n) is 5.96. The summed E-state index contributed by atoms with van der Waals surface area (Å²) in [5.74, 6) is 5.54. The SMILES string of the molecule is CCC(CC)N(Cc1ccc(C(=O)NN)cc1)CC(C)C. The van der Waals surface area contributed by atoms with Crippen LogP contribution in [0.5, 0.6) is 0 Å². The number of hydrogen-bond donors (Lipinski definition) is 2. The van der Waals surface area contributed by atoms with E-state index in [-0.39, 0.29) is 5.91 Å². The molecule has 1 rings (SSSR count). The molecule has 118 valence electrons. The van der Waals surface area contributed by atoms with Gasteiger partial charge in [-0.1, -0.05) is 39.8 Å². The number of amides is 1. The highest BCUT2D eigenvalue weighted by Crippen LogP contribution is 2.16. The Kier molecular flexibility index (Phi) is 7.40. The number of rotatable bonds is 8. The quantitative estimate of drug-likeness (QED) is 0.440. The third kappa shape index (κ3) is 5.48. The van der Waals surface area contributed by atoms with Gasteiger partial charge in [-0.15, -0.1) is 0 Å². The first-order valence-corrected chi connectivity index (χ1v) is 7.85. The fourth-order valence-corrected chi connectivity index (χ4v) is 2.70. The van der Waals surface area contributed by atoms with Gasteiger partial charge in [0.1, 0.15) is 0 Å². The van der Waals surface area contributed by atoms with E-state index in [4.69, 9.17) is 5.84 Å². The number of nitrogens with one attached hydrogen (secondary N) is 1. The molecule has 0 heterocycles. The molecule has 3 N–H and O–H groups in total. The lowest BCUT2D eigenvalue weighted by Gasteiger charge is -2.32. The Morgan fingerprint density at radius 2 is 1.76 bits per heavy atom. The first-order valence-electron chi connectivity index (χ1n) is 7.85. The topological polar surface area (TPSA) is 58.4 Å². The molecule has 0 fully saturated rings. The van der Waals surface area contributed by atoms with Crippen LogP contribution in [0.1, 0.15) is 56.5 Å². The van der Waals surface area contributed by atoms with Gasteiger partial charge in [0, 0.05) is 24.7 Å². The summed E-state index contributed by atoms with van der Waals surface area (Å²) in [7, 11) is 0. The second-order valence-corrected chi connectivity index (χ2v) is 5.96. The van der Waals surface area contributed by atoms with E-state index in [1.54, 1.807) is 0 Å². The summed E-state index contributed by atoms with van der Waals surface area (Å²) in [6.45, 7) is 11.0. The van der Waals surface area contributed by atoms with Crippen LogP contribution in [-0.4, -0.2) is 23.4 Å². The predicted molar refractivity (Wildman–Crippen MR) is 87.7 cm³/mol. The number of nitrogens with two attached hydrogens (primary N) is 1. The van der Waals surface area contributed by atoms with Crippen LogP contribution >= 0.6 is 0 Å². The van der Waals surface area contributed by atoms with Gasteiger partial charge in [0.05, 0.1) is 0 Å². The maximum absolute atomic E-state index is 11.4. The number of nitrogen functional groups attached to an aromatic ring is 1. The summed E-state index contributed by atoms with van der Waals surface area (Å²) in [6, 6.07) is 8.30. The highest BCUT2D eigenvalue weighted by Gasteiger charge is 2.16. The van der Waals surface area contributed by atoms with Crippen LogP contribution in [0.2, 0.25) is 0 Å². The minimum Gasteiger partial charge on any atom is -0.296 e. The fourth-order valence-electron chi connectivity index (χ4n) is 2.70. The van der Waals surface area contributed by atoms with Crippen molar-refractivity contribution < 1.29 is 4.79 Å². The smallest absolute Gasteiger partial charge is 0.265 e. The fraction of sp³-hybridized carbons (Fsp3) is 0.588. The molecule has 0 bridgehead atoms. The zero-order valence-corrected chi connectivity index (χ0v) is 13.7. The van der Waals surface area contributed by atoms with Gasteiger partial charge in [-0.25, -0.2) is 5.84 Å². The van der Waals surface area contributed by atoms with Crippen LogP contribution in [0, 0.1) is 5.92 Å². The van der Waals surface area contributed by atoms with Gasteiger partial charge in [-0.2, -0.15) is 0 Å². The first-order chi connectivity index (χ1) is 10.0. The standard InChI is InChI=1S/C17H29N3O/c1-5-16(6-2)20(11-13(3)4)12-14-7-9-15(10-8-14)17(21)19-18/h7-10,13,16H,5-6,11-12,18H2,1-4H3,(H,19,21). The normalized spacial score (nSPS) is 11.4. The van der Waals surface area contributed by atoms with E-state index in [1.165, 1.54) is 5.56 Å². The number of hydrogen-bond acceptors (Lipinski definition) is 3. The van der Waals surface area contributed by atoms with Gasteiger partial charge >= 0.3 is 0 Å². The molecule has 0 aliphatic rings. The Morgan fingerprint density at radius 1 is 1.19 bits per heavy atom. The largest absolute Gasteiger partial charge is 0.296 e. The molecule has 0 unspecified atom stereocenters. The van der Waals surface area contributed by atoms with Gasteiger partial charge in [-0.3, -0.25) is 15.1 Å². The number of carbonyl (C=O) groups excluding carboxylic acids is 1. The predicted octanol–water partition coefficient (Wildman–Crippen LogP) is 2.94. The van der Waals surface area contributed by atoms with Crippen molar-refractivity contribution in [3.05, 3.63) is 35.4 Å². The summed E-state index contributed by atoms with van der Waals surface area (Å²) in [4.78, 5) is 14.0. The third-order valence-corrected chi connectivity index (χ3v) is 3.79. The zero-order valence-electron chi connectivity index (χ0n) is 13.7. The Labute approximate surface area is 128 Å². The molecule has 0 saturated carbocycles. The van der Waals surface area contributed by atoms with E-state index in [2.05, 4.69) is 38.0 Å². The second kappa shape index (κ2) is 8.80. The van der Waals surface area contributed by atoms with E-state index in [1.807, 2.05) is 24.3 Å². The summed E-state index contributed by atoms with van der Waals surface area (Å²) in [5.41, 5.74) is 3.98. The molecule has 0 aliphatic carbocycles. The first kappa shape index (κ1) is 17.7. The molecule has 0 radical (unpaired) electrons. The monoisotopic (exact) mass is 291 g/mol. The Morgan fingerprint density at radius 3 is 2.19 bits per heavy atom. The molecule has 1 aromatic rings. The molecule has 21 heavy (non-hydrogen) atoms. The average Bonchev–Trinajstić information content (AvgIpc) is 2.47. The molecule has 4 nitrogen and oxygen atoms in total. The lowest BCUT2D eigenvalue weighted by molar-refractivity contribution is 0.0953. The molecule has 0 aliphatic heterocycles. The van der Waals surface area contributed by atoms with Crippen molar-refractivity contribution in [3.63, 3.8) is 0 Å². The molecule has 0 saturated heterocycles. The van der Waals surface area contributed by atoms with Gasteiger partial charge in [0.2, 0.25) is 0 Å². The molecule has 0 atom stereocenters. The van der Waals surface area contributed by atoms with E-state index in [0.29, 0.717) is 17.5 Å². The summed E-state index contributed by atoms with van der Waals surface area (Å²) in [6.07, 6.45) is 2.33. The van der Waals surface area contributed by atoms with Gasteiger partial charge < -0.3 is 0 Å². The minimum absolute atomic E-state index is 0.249. The summed E-state index contributed by atoms with van der Waals surface area (Å²) in [5, 5.41) is 0. The van der Waals surface area contributed by atoms with Crippen LogP contribution in [-0.2, 0) is 6.54 Å². The lowest BCUT2D eigenvalue weighted by Crippen LogP contribution is -2.36. The average molecular weight is 291 g/mol. The maximum atomic E-state index is 11.4. The highest BCUT2D eigenvalue weighted by molar-refractivity contribution is 5.93. The van der Waals surface area contributed by atoms with Crippen molar-refractivity contribution in [1.29, 1.82) is 0 Å². The van der Waals surface area contributed by atoms with Crippen molar-refractivity contribution in [2.45, 2.75) is 53.1 Å². The molecular formula is C17H29N3O. The number of benzene rings is 1. The van der Waals surface area contributed by atoms with Crippen LogP contribution < -0.4 is 11.3 Å². The van der Waals surface area contributed by atoms with Gasteiger partial charge in [-0.05, 0) is 36.5 Å². The molecule has 1 aromatic carbocycles. The lowest BCUT2D eigenvalue weighted by atomic mass is 10.0. The molecule has 1 amide bonds. The summed E-state index contributed by atoms with van der Waals surface area (Å²) >= 11 is 0. The van der Waals surface area contributed by atoms with Crippen molar-refractivity contribution in [2.24, 2.45) is 11.8 Å². The van der Waals surface area contributed by atoms with Crippen LogP contribution in [0.3, 0.4) is 0 Å². The Bertz CT molecular complexity index is 424. The zero-order chi connectivity index (χ0) is 15.8. The van der Waals surface area contributed by atoms with Gasteiger partial charge in [0.25, 0.3) is 5.91 Å². The molecule has 0 aromatic heterocycles. The van der Waals surface area contributed by atoms with Crippen molar-refractivity contribution in [2.75, 3.05) is 6.54 Å². The Balaban J connectivity index is 2.80. The highest BCUT2D eigenvalue weighted by atomic mass is 16.2. The molecule has 0 spiro atoms. The third-order valence-electron chi connectivity index (χ3n) is 3.79. The van der Waals surface area contributed by atoms with Crippen molar-refractivity contribution in [1.82, 2.24) is 10.3 Å². The van der Waals surface area contributed by atoms with E-state index < -0.39 is 0 Å². The number of nitrogens with zero attached hydrogens (tertiary/aromatic N) is 1. The van der Waals surface area contributed by atoms with Crippen molar-refractivity contribution >= 4 is 5.91 Å². The number of hydrazine groups is 1. The van der Waals surface area contributed by atoms with Crippen LogP contribution in [0.25, 0.3) is 0 Å². The van der Waals surface area contributed by atoms with Crippen LogP contribution in [0.15, 0.2) is 24.3 Å². The van der Waals surface area contributed by atoms with E-state index in [9.17, 15) is 4.79 Å². The Hall–Kier alpha value is -1.39. The minimum atomic E-state index is -0.249. The number of carbonyl (C=O) groups is 1. The van der Waals surface area contributed by atoms with Gasteiger partial charge in [0.15, 0.2) is 0 Å². The van der Waals surface area contributed by atoms with Crippen LogP contribution in [0.4, 0.5) is 0 Å². The van der Waals surface area contributed by atoms with Crippen molar-refractivity contribution in [3.8, 4) is 0 Å². The van der Waals surface area contributed by atoms with E-state index >= 15 is 0 Å². The molecular weight excluding hydrogens is 262 g/mol. The maximum Gasteiger partial charge on any atom is 0.265 e. The van der Waals surface area contributed by atoms with E-state index in [0.717, 1.165) is 25.9 Å².